The maximum absolute atomic E-state index is 13.3. The Bertz CT molecular complexity index is 779. The lowest BCUT2D eigenvalue weighted by atomic mass is 9.59. The van der Waals surface area contributed by atoms with Crippen molar-refractivity contribution in [1.82, 2.24) is 10.2 Å². The van der Waals surface area contributed by atoms with Crippen LogP contribution in [0.4, 0.5) is 0 Å². The highest BCUT2D eigenvalue weighted by atomic mass is 16.5. The molecule has 5 nitrogen and oxygen atoms in total. The predicted octanol–water partition coefficient (Wildman–Crippen LogP) is 3.34. The number of nitrogens with zero attached hydrogens (tertiary/aromatic N) is 1. The second-order valence-electron chi connectivity index (χ2n) is 8.90. The summed E-state index contributed by atoms with van der Waals surface area (Å²) in [6.45, 7) is 3.08. The molecule has 27 heavy (non-hydrogen) atoms. The van der Waals surface area contributed by atoms with Gasteiger partial charge in [-0.15, -0.1) is 0 Å². The summed E-state index contributed by atoms with van der Waals surface area (Å²) in [5.41, 5.74) is -0.0158. The van der Waals surface area contributed by atoms with Gasteiger partial charge in [-0.1, -0.05) is 12.1 Å². The molecule has 0 radical (unpaired) electrons. The number of carbonyl (C=O) groups is 2. The molecule has 1 aromatic carbocycles. The zero-order chi connectivity index (χ0) is 18.6. The van der Waals surface area contributed by atoms with Crippen molar-refractivity contribution in [2.75, 3.05) is 6.54 Å². The zero-order valence-electron chi connectivity index (χ0n) is 15.9. The molecular weight excluding hydrogens is 340 g/mol. The fraction of sp³-hybridized carbons (Fsp3) is 0.636. The summed E-state index contributed by atoms with van der Waals surface area (Å²) >= 11 is 0. The number of carbonyl (C=O) groups excluding carboxylic acids is 2. The van der Waals surface area contributed by atoms with Crippen molar-refractivity contribution in [3.8, 4) is 5.75 Å². The van der Waals surface area contributed by atoms with Gasteiger partial charge in [-0.05, 0) is 63.5 Å². The van der Waals surface area contributed by atoms with Crippen LogP contribution < -0.4 is 10.1 Å². The molecule has 5 heteroatoms. The molecule has 0 unspecified atom stereocenters. The first-order chi connectivity index (χ1) is 13.1. The van der Waals surface area contributed by atoms with Gasteiger partial charge in [0.25, 0.3) is 5.91 Å². The van der Waals surface area contributed by atoms with Crippen molar-refractivity contribution in [2.45, 2.75) is 63.6 Å². The van der Waals surface area contributed by atoms with Crippen LogP contribution in [0.3, 0.4) is 0 Å². The second kappa shape index (κ2) is 6.25. The summed E-state index contributed by atoms with van der Waals surface area (Å²) in [6.07, 6.45) is 7.12. The molecule has 2 heterocycles. The Labute approximate surface area is 160 Å². The molecular formula is C22H28N2O3. The van der Waals surface area contributed by atoms with E-state index in [1.165, 1.54) is 6.42 Å². The van der Waals surface area contributed by atoms with Crippen LogP contribution in [0.15, 0.2) is 24.3 Å². The average molecular weight is 368 g/mol. The Morgan fingerprint density at radius 1 is 1.22 bits per heavy atom. The molecule has 144 valence electrons. The van der Waals surface area contributed by atoms with Crippen LogP contribution in [0.1, 0.15) is 62.2 Å². The minimum Gasteiger partial charge on any atom is -0.467 e. The van der Waals surface area contributed by atoms with Crippen LogP contribution in [0.5, 0.6) is 5.75 Å². The standard InChI is InChI=1S/C22H28N2O3/c1-14-6-4-5-11-24(14)21(26)18-12-16-10-9-15(18)13-22(16)23-20(25)17-7-2-3-8-19(17)27-22/h2-3,7-8,14-16,18H,4-6,9-13H2,1H3,(H,23,25)/t14-,15+,16-,18+,22+/m1/s1. The molecule has 4 fully saturated rings. The molecule has 5 atom stereocenters. The van der Waals surface area contributed by atoms with E-state index < -0.39 is 5.72 Å². The molecule has 1 aromatic rings. The van der Waals surface area contributed by atoms with E-state index in [9.17, 15) is 9.59 Å². The van der Waals surface area contributed by atoms with E-state index in [-0.39, 0.29) is 17.7 Å². The molecule has 6 rings (SSSR count). The third-order valence-electron chi connectivity index (χ3n) is 7.37. The van der Waals surface area contributed by atoms with Crippen LogP contribution >= 0.6 is 0 Å². The van der Waals surface area contributed by atoms with E-state index in [0.29, 0.717) is 29.2 Å². The van der Waals surface area contributed by atoms with Crippen LogP contribution in [0, 0.1) is 17.8 Å². The monoisotopic (exact) mass is 368 g/mol. The molecule has 1 saturated heterocycles. The van der Waals surface area contributed by atoms with Gasteiger partial charge in [0.05, 0.1) is 5.56 Å². The van der Waals surface area contributed by atoms with Gasteiger partial charge in [0.15, 0.2) is 5.72 Å². The number of rotatable bonds is 1. The minimum absolute atomic E-state index is 0.0445. The quantitative estimate of drug-likeness (QED) is 0.827. The van der Waals surface area contributed by atoms with Gasteiger partial charge >= 0.3 is 0 Å². The summed E-state index contributed by atoms with van der Waals surface area (Å²) in [6, 6.07) is 7.83. The number of hydrogen-bond acceptors (Lipinski definition) is 3. The fourth-order valence-electron chi connectivity index (χ4n) is 5.90. The van der Waals surface area contributed by atoms with E-state index in [2.05, 4.69) is 17.1 Å². The predicted molar refractivity (Wildman–Crippen MR) is 101 cm³/mol. The van der Waals surface area contributed by atoms with Crippen LogP contribution in [-0.4, -0.2) is 35.0 Å². The number of amides is 2. The first-order valence-electron chi connectivity index (χ1n) is 10.5. The number of para-hydroxylation sites is 1. The van der Waals surface area contributed by atoms with Crippen molar-refractivity contribution in [3.05, 3.63) is 29.8 Å². The zero-order valence-corrected chi connectivity index (χ0v) is 15.9. The van der Waals surface area contributed by atoms with E-state index in [1.807, 2.05) is 24.3 Å². The number of fused-ring (bicyclic) bond motifs is 3. The molecule has 2 aliphatic heterocycles. The van der Waals surface area contributed by atoms with E-state index in [1.54, 1.807) is 0 Å². The summed E-state index contributed by atoms with van der Waals surface area (Å²) < 4.78 is 6.40. The van der Waals surface area contributed by atoms with Crippen molar-refractivity contribution in [2.24, 2.45) is 17.8 Å². The first kappa shape index (κ1) is 17.1. The van der Waals surface area contributed by atoms with Gasteiger partial charge in [0.1, 0.15) is 5.75 Å². The fourth-order valence-corrected chi connectivity index (χ4v) is 5.90. The lowest BCUT2D eigenvalue weighted by Gasteiger charge is -2.55. The Morgan fingerprint density at radius 3 is 2.85 bits per heavy atom. The molecule has 0 aromatic heterocycles. The van der Waals surface area contributed by atoms with Crippen LogP contribution in [0.2, 0.25) is 0 Å². The number of piperidine rings is 1. The van der Waals surface area contributed by atoms with E-state index in [0.717, 1.165) is 45.1 Å². The number of likely N-dealkylation sites (tertiary alicyclic amines) is 1. The van der Waals surface area contributed by atoms with E-state index in [4.69, 9.17) is 4.74 Å². The SMILES string of the molecule is C[C@@H]1CCCCN1C(=O)[C@H]1C[C@H]2CC[C@H]1C[C@@]21NC(=O)c2ccccc2O1. The number of hydrogen-bond donors (Lipinski definition) is 1. The van der Waals surface area contributed by atoms with Gasteiger partial charge in [-0.3, -0.25) is 9.59 Å². The molecule has 1 spiro atoms. The Kier molecular flexibility index (Phi) is 3.95. The third kappa shape index (κ3) is 2.66. The van der Waals surface area contributed by atoms with Crippen LogP contribution in [0.25, 0.3) is 0 Å². The summed E-state index contributed by atoms with van der Waals surface area (Å²) in [4.78, 5) is 28.1. The average Bonchev–Trinajstić information content (AvgIpc) is 2.68. The maximum Gasteiger partial charge on any atom is 0.258 e. The molecule has 1 N–H and O–H groups in total. The van der Waals surface area contributed by atoms with Crippen molar-refractivity contribution < 1.29 is 14.3 Å². The lowest BCUT2D eigenvalue weighted by Crippen LogP contribution is -2.67. The van der Waals surface area contributed by atoms with Crippen molar-refractivity contribution in [1.29, 1.82) is 0 Å². The van der Waals surface area contributed by atoms with Crippen molar-refractivity contribution in [3.63, 3.8) is 0 Å². The van der Waals surface area contributed by atoms with Gasteiger partial charge in [0, 0.05) is 30.8 Å². The number of nitrogens with one attached hydrogen (secondary N) is 1. The molecule has 3 saturated carbocycles. The smallest absolute Gasteiger partial charge is 0.258 e. The summed E-state index contributed by atoms with van der Waals surface area (Å²) in [7, 11) is 0. The molecule has 2 amide bonds. The topological polar surface area (TPSA) is 58.6 Å². The Morgan fingerprint density at radius 2 is 2.07 bits per heavy atom. The highest BCUT2D eigenvalue weighted by Gasteiger charge is 2.57. The van der Waals surface area contributed by atoms with Crippen LogP contribution in [-0.2, 0) is 4.79 Å². The molecule has 5 aliphatic rings. The number of benzene rings is 1. The normalized spacial score (nSPS) is 37.5. The second-order valence-corrected chi connectivity index (χ2v) is 8.90. The highest BCUT2D eigenvalue weighted by Crippen LogP contribution is 2.53. The maximum atomic E-state index is 13.3. The first-order valence-corrected chi connectivity index (χ1v) is 10.5. The highest BCUT2D eigenvalue weighted by molar-refractivity contribution is 5.98. The Balaban J connectivity index is 1.38. The molecule has 3 aliphatic carbocycles. The van der Waals surface area contributed by atoms with Crippen molar-refractivity contribution >= 4 is 11.8 Å². The van der Waals surface area contributed by atoms with Gasteiger partial charge in [-0.25, -0.2) is 0 Å². The van der Waals surface area contributed by atoms with Gasteiger partial charge < -0.3 is 15.0 Å². The summed E-state index contributed by atoms with van der Waals surface area (Å²) in [5, 5.41) is 3.18. The largest absolute Gasteiger partial charge is 0.467 e. The summed E-state index contributed by atoms with van der Waals surface area (Å²) in [5.74, 6) is 1.57. The Hall–Kier alpha value is -2.04. The van der Waals surface area contributed by atoms with Gasteiger partial charge in [-0.2, -0.15) is 0 Å². The third-order valence-corrected chi connectivity index (χ3v) is 7.37. The van der Waals surface area contributed by atoms with E-state index >= 15 is 0 Å². The minimum atomic E-state index is -0.626. The lowest BCUT2D eigenvalue weighted by molar-refractivity contribution is -0.158. The number of ether oxygens (including phenoxy) is 1. The van der Waals surface area contributed by atoms with Gasteiger partial charge in [0.2, 0.25) is 5.91 Å². The molecule has 2 bridgehead atoms.